The molecule has 0 fully saturated rings. The van der Waals surface area contributed by atoms with Crippen LogP contribution < -0.4 is 16.4 Å². The van der Waals surface area contributed by atoms with Crippen LogP contribution >= 0.6 is 0 Å². The molecule has 0 saturated heterocycles. The van der Waals surface area contributed by atoms with Gasteiger partial charge in [-0.25, -0.2) is 4.39 Å². The molecule has 1 aromatic rings. The van der Waals surface area contributed by atoms with Gasteiger partial charge in [0.05, 0.1) is 11.3 Å². The third-order valence-electron chi connectivity index (χ3n) is 2.58. The Labute approximate surface area is 111 Å². The topological polar surface area (TPSA) is 84.2 Å². The van der Waals surface area contributed by atoms with E-state index in [-0.39, 0.29) is 11.3 Å². The van der Waals surface area contributed by atoms with Gasteiger partial charge >= 0.3 is 0 Å². The van der Waals surface area contributed by atoms with Crippen LogP contribution in [0, 0.1) is 5.82 Å². The highest BCUT2D eigenvalue weighted by atomic mass is 19.1. The lowest BCUT2D eigenvalue weighted by Gasteiger charge is -2.14. The van der Waals surface area contributed by atoms with E-state index in [1.54, 1.807) is 0 Å². The van der Waals surface area contributed by atoms with Crippen LogP contribution in [-0.4, -0.2) is 24.4 Å². The molecule has 0 bridgehead atoms. The standard InChI is InChI=1S/C13H18FN3O2/c1-3-7-16-11-9(5-4-6-10(11)14)13(19)17-8(2)12(15)18/h4-6,8,16H,3,7H2,1-2H3,(H2,15,18)(H,17,19). The Balaban J connectivity index is 2.95. The molecule has 6 heteroatoms. The molecule has 1 atom stereocenters. The third-order valence-corrected chi connectivity index (χ3v) is 2.58. The highest BCUT2D eigenvalue weighted by Crippen LogP contribution is 2.19. The zero-order valence-electron chi connectivity index (χ0n) is 11.0. The van der Waals surface area contributed by atoms with Crippen LogP contribution in [0.25, 0.3) is 0 Å². The van der Waals surface area contributed by atoms with Crippen molar-refractivity contribution in [1.29, 1.82) is 0 Å². The molecule has 0 spiro atoms. The van der Waals surface area contributed by atoms with Gasteiger partial charge in [-0.1, -0.05) is 13.0 Å². The zero-order chi connectivity index (χ0) is 14.4. The number of para-hydroxylation sites is 1. The summed E-state index contributed by atoms with van der Waals surface area (Å²) in [6, 6.07) is 3.39. The van der Waals surface area contributed by atoms with Crippen molar-refractivity contribution >= 4 is 17.5 Å². The molecule has 19 heavy (non-hydrogen) atoms. The van der Waals surface area contributed by atoms with E-state index in [0.717, 1.165) is 6.42 Å². The minimum absolute atomic E-state index is 0.138. The SMILES string of the molecule is CCCNc1c(F)cccc1C(=O)NC(C)C(N)=O. The quantitative estimate of drug-likeness (QED) is 0.725. The van der Waals surface area contributed by atoms with Crippen molar-refractivity contribution < 1.29 is 14.0 Å². The Morgan fingerprint density at radius 2 is 2.11 bits per heavy atom. The van der Waals surface area contributed by atoms with Crippen molar-refractivity contribution in [2.45, 2.75) is 26.3 Å². The predicted molar refractivity (Wildman–Crippen MR) is 71.3 cm³/mol. The average Bonchev–Trinajstić information content (AvgIpc) is 2.36. The Kier molecular flexibility index (Phi) is 5.29. The first-order chi connectivity index (χ1) is 8.97. The summed E-state index contributed by atoms with van der Waals surface area (Å²) in [4.78, 5) is 22.9. The maximum atomic E-state index is 13.7. The number of benzene rings is 1. The first kappa shape index (κ1) is 14.9. The largest absolute Gasteiger partial charge is 0.382 e. The molecule has 0 aromatic heterocycles. The van der Waals surface area contributed by atoms with E-state index in [4.69, 9.17) is 5.73 Å². The van der Waals surface area contributed by atoms with Gasteiger partial charge in [-0.3, -0.25) is 9.59 Å². The van der Waals surface area contributed by atoms with E-state index >= 15 is 0 Å². The summed E-state index contributed by atoms with van der Waals surface area (Å²) in [6.07, 6.45) is 0.799. The Morgan fingerprint density at radius 3 is 2.68 bits per heavy atom. The monoisotopic (exact) mass is 267 g/mol. The summed E-state index contributed by atoms with van der Waals surface area (Å²) in [5.41, 5.74) is 5.36. The average molecular weight is 267 g/mol. The fraction of sp³-hybridized carbons (Fsp3) is 0.385. The molecule has 0 aliphatic carbocycles. The van der Waals surface area contributed by atoms with Gasteiger partial charge in [0.1, 0.15) is 11.9 Å². The van der Waals surface area contributed by atoms with Crippen LogP contribution in [0.15, 0.2) is 18.2 Å². The van der Waals surface area contributed by atoms with E-state index in [1.807, 2.05) is 6.92 Å². The molecule has 2 amide bonds. The first-order valence-electron chi connectivity index (χ1n) is 6.10. The molecule has 0 saturated carbocycles. The lowest BCUT2D eigenvalue weighted by Crippen LogP contribution is -2.42. The van der Waals surface area contributed by atoms with Crippen LogP contribution in [0.4, 0.5) is 10.1 Å². The highest BCUT2D eigenvalue weighted by Gasteiger charge is 2.18. The minimum Gasteiger partial charge on any atom is -0.382 e. The van der Waals surface area contributed by atoms with E-state index in [2.05, 4.69) is 10.6 Å². The molecular weight excluding hydrogens is 249 g/mol. The van der Waals surface area contributed by atoms with E-state index in [1.165, 1.54) is 25.1 Å². The lowest BCUT2D eigenvalue weighted by atomic mass is 10.1. The van der Waals surface area contributed by atoms with Crippen molar-refractivity contribution in [2.75, 3.05) is 11.9 Å². The molecule has 0 aliphatic rings. The van der Waals surface area contributed by atoms with Crippen molar-refractivity contribution in [3.63, 3.8) is 0 Å². The molecule has 0 radical (unpaired) electrons. The number of amides is 2. The third kappa shape index (κ3) is 3.94. The van der Waals surface area contributed by atoms with Gasteiger partial charge in [0, 0.05) is 6.54 Å². The molecule has 104 valence electrons. The van der Waals surface area contributed by atoms with Crippen LogP contribution in [0.3, 0.4) is 0 Å². The second kappa shape index (κ2) is 6.72. The number of carbonyl (C=O) groups excluding carboxylic acids is 2. The van der Waals surface area contributed by atoms with Gasteiger partial charge in [0.2, 0.25) is 5.91 Å². The summed E-state index contributed by atoms with van der Waals surface area (Å²) < 4.78 is 13.7. The van der Waals surface area contributed by atoms with Crippen LogP contribution in [-0.2, 0) is 4.79 Å². The molecular formula is C13H18FN3O2. The number of primary amides is 1. The number of rotatable bonds is 6. The van der Waals surface area contributed by atoms with Gasteiger partial charge < -0.3 is 16.4 Å². The van der Waals surface area contributed by atoms with E-state index in [9.17, 15) is 14.0 Å². The second-order valence-corrected chi connectivity index (χ2v) is 4.19. The molecule has 0 heterocycles. The number of anilines is 1. The van der Waals surface area contributed by atoms with E-state index in [0.29, 0.717) is 6.54 Å². The fourth-order valence-corrected chi connectivity index (χ4v) is 1.49. The van der Waals surface area contributed by atoms with Gasteiger partial charge in [-0.15, -0.1) is 0 Å². The van der Waals surface area contributed by atoms with Gasteiger partial charge in [0.15, 0.2) is 0 Å². The second-order valence-electron chi connectivity index (χ2n) is 4.19. The number of nitrogens with two attached hydrogens (primary N) is 1. The summed E-state index contributed by atoms with van der Waals surface area (Å²) in [5.74, 6) is -1.69. The van der Waals surface area contributed by atoms with Gasteiger partial charge in [0.25, 0.3) is 5.91 Å². The maximum Gasteiger partial charge on any atom is 0.254 e. The first-order valence-corrected chi connectivity index (χ1v) is 6.10. The van der Waals surface area contributed by atoms with E-state index < -0.39 is 23.7 Å². The maximum absolute atomic E-state index is 13.7. The van der Waals surface area contributed by atoms with Crippen LogP contribution in [0.1, 0.15) is 30.6 Å². The molecule has 0 aliphatic heterocycles. The fourth-order valence-electron chi connectivity index (χ4n) is 1.49. The minimum atomic E-state index is -0.810. The zero-order valence-corrected chi connectivity index (χ0v) is 11.0. The summed E-state index contributed by atoms with van der Waals surface area (Å²) >= 11 is 0. The van der Waals surface area contributed by atoms with Crippen LogP contribution in [0.5, 0.6) is 0 Å². The molecule has 1 aromatic carbocycles. The summed E-state index contributed by atoms with van der Waals surface area (Å²) in [5, 5.41) is 5.28. The number of hydrogen-bond donors (Lipinski definition) is 3. The molecule has 1 unspecified atom stereocenters. The van der Waals surface area contributed by atoms with Crippen molar-refractivity contribution in [2.24, 2.45) is 5.73 Å². The number of halogens is 1. The Bertz CT molecular complexity index is 477. The Hall–Kier alpha value is -2.11. The lowest BCUT2D eigenvalue weighted by molar-refractivity contribution is -0.119. The van der Waals surface area contributed by atoms with Crippen molar-refractivity contribution in [1.82, 2.24) is 5.32 Å². The van der Waals surface area contributed by atoms with Crippen LogP contribution in [0.2, 0.25) is 0 Å². The molecule has 4 N–H and O–H groups in total. The number of nitrogens with one attached hydrogen (secondary N) is 2. The number of hydrogen-bond acceptors (Lipinski definition) is 3. The molecule has 1 rings (SSSR count). The molecule has 5 nitrogen and oxygen atoms in total. The van der Waals surface area contributed by atoms with Gasteiger partial charge in [-0.2, -0.15) is 0 Å². The predicted octanol–water partition coefficient (Wildman–Crippen LogP) is 1.25. The van der Waals surface area contributed by atoms with Crippen molar-refractivity contribution in [3.05, 3.63) is 29.6 Å². The summed E-state index contributed by atoms with van der Waals surface area (Å²) in [6.45, 7) is 3.95. The highest BCUT2D eigenvalue weighted by molar-refractivity contribution is 6.01. The van der Waals surface area contributed by atoms with Gasteiger partial charge in [-0.05, 0) is 25.5 Å². The number of carbonyl (C=O) groups is 2. The summed E-state index contributed by atoms with van der Waals surface area (Å²) in [7, 11) is 0. The van der Waals surface area contributed by atoms with Crippen molar-refractivity contribution in [3.8, 4) is 0 Å². The smallest absolute Gasteiger partial charge is 0.254 e. The Morgan fingerprint density at radius 1 is 1.42 bits per heavy atom. The normalized spacial score (nSPS) is 11.7.